The third-order valence-electron chi connectivity index (χ3n) is 5.72. The number of rotatable bonds is 8. The van der Waals surface area contributed by atoms with Gasteiger partial charge in [-0.1, -0.05) is 43.6 Å². The first kappa shape index (κ1) is 23.6. The van der Waals surface area contributed by atoms with Crippen LogP contribution in [-0.4, -0.2) is 26.8 Å². The number of hydrogen-bond acceptors (Lipinski definition) is 4. The van der Waals surface area contributed by atoms with Gasteiger partial charge in [0.1, 0.15) is 5.69 Å². The monoisotopic (exact) mass is 477 g/mol. The van der Waals surface area contributed by atoms with Gasteiger partial charge in [-0.2, -0.15) is 0 Å². The maximum Gasteiger partial charge on any atom is 0.295 e. The lowest BCUT2D eigenvalue weighted by molar-refractivity contribution is -0.116. The number of hydrogen-bond donors (Lipinski definition) is 2. The molecule has 0 fully saturated rings. The van der Waals surface area contributed by atoms with Crippen LogP contribution in [0.2, 0.25) is 5.02 Å². The first-order chi connectivity index (χ1) is 16.4. The average Bonchev–Trinajstić information content (AvgIpc) is 3.06. The number of aromatic nitrogens is 3. The highest BCUT2D eigenvalue weighted by Gasteiger charge is 2.22. The second-order valence-electron chi connectivity index (χ2n) is 8.49. The van der Waals surface area contributed by atoms with Gasteiger partial charge in [-0.05, 0) is 48.7 Å². The fourth-order valence-corrected chi connectivity index (χ4v) is 4.38. The zero-order valence-corrected chi connectivity index (χ0v) is 20.3. The summed E-state index contributed by atoms with van der Waals surface area (Å²) >= 11 is 6.06. The number of carbonyl (C=O) groups excluding carboxylic acids is 1. The van der Waals surface area contributed by atoms with Crippen molar-refractivity contribution in [2.24, 2.45) is 7.05 Å². The van der Waals surface area contributed by atoms with Gasteiger partial charge in [0.25, 0.3) is 5.56 Å². The van der Waals surface area contributed by atoms with Crippen LogP contribution in [0.3, 0.4) is 0 Å². The summed E-state index contributed by atoms with van der Waals surface area (Å²) in [7, 11) is 1.84. The minimum Gasteiger partial charge on any atom is -0.384 e. The Kier molecular flexibility index (Phi) is 7.03. The van der Waals surface area contributed by atoms with Gasteiger partial charge < -0.3 is 10.6 Å². The second kappa shape index (κ2) is 10.1. The number of fused-ring (bicyclic) bond motifs is 1. The molecular weight excluding hydrogens is 450 g/mol. The Labute approximate surface area is 203 Å². The Hall–Kier alpha value is -3.58. The molecule has 4 rings (SSSR count). The lowest BCUT2D eigenvalue weighted by Gasteiger charge is -2.13. The highest BCUT2D eigenvalue weighted by molar-refractivity contribution is 6.31. The van der Waals surface area contributed by atoms with Crippen LogP contribution < -0.4 is 16.2 Å². The summed E-state index contributed by atoms with van der Waals surface area (Å²) < 4.78 is 3.41. The predicted octanol–water partition coefficient (Wildman–Crippen LogP) is 5.33. The van der Waals surface area contributed by atoms with E-state index in [1.807, 2.05) is 80.2 Å². The average molecular weight is 478 g/mol. The summed E-state index contributed by atoms with van der Waals surface area (Å²) in [5, 5.41) is 7.87. The van der Waals surface area contributed by atoms with Crippen LogP contribution in [0.15, 0.2) is 65.6 Å². The molecule has 4 aromatic rings. The Morgan fingerprint density at radius 1 is 1.12 bits per heavy atom. The number of halogens is 1. The zero-order valence-electron chi connectivity index (χ0n) is 19.5. The van der Waals surface area contributed by atoms with Gasteiger partial charge in [-0.25, -0.2) is 4.68 Å². The molecular formula is C26H28ClN5O2. The van der Waals surface area contributed by atoms with Crippen molar-refractivity contribution in [2.45, 2.75) is 32.6 Å². The van der Waals surface area contributed by atoms with E-state index in [0.29, 0.717) is 30.1 Å². The summed E-state index contributed by atoms with van der Waals surface area (Å²) in [5.74, 6) is -0.119. The smallest absolute Gasteiger partial charge is 0.295 e. The van der Waals surface area contributed by atoms with Crippen molar-refractivity contribution in [1.29, 1.82) is 0 Å². The van der Waals surface area contributed by atoms with E-state index in [2.05, 4.69) is 15.6 Å². The van der Waals surface area contributed by atoms with Crippen molar-refractivity contribution in [2.75, 3.05) is 17.2 Å². The molecule has 0 aliphatic heterocycles. The first-order valence-electron chi connectivity index (χ1n) is 11.3. The number of benzene rings is 2. The maximum absolute atomic E-state index is 13.2. The molecule has 0 saturated heterocycles. The van der Waals surface area contributed by atoms with Gasteiger partial charge in [0, 0.05) is 42.3 Å². The second-order valence-corrected chi connectivity index (χ2v) is 8.93. The molecule has 8 heteroatoms. The van der Waals surface area contributed by atoms with Crippen molar-refractivity contribution in [1.82, 2.24) is 14.3 Å². The van der Waals surface area contributed by atoms with Crippen molar-refractivity contribution >= 4 is 39.8 Å². The number of amides is 1. The first-order valence-corrected chi connectivity index (χ1v) is 11.7. The molecule has 2 aromatic carbocycles. The molecule has 0 spiro atoms. The van der Waals surface area contributed by atoms with Gasteiger partial charge in [-0.15, -0.1) is 0 Å². The molecule has 2 heterocycles. The minimum atomic E-state index is -0.231. The van der Waals surface area contributed by atoms with Gasteiger partial charge in [0.15, 0.2) is 0 Å². The van der Waals surface area contributed by atoms with E-state index in [4.69, 9.17) is 11.6 Å². The molecule has 0 aliphatic carbocycles. The molecule has 0 unspecified atom stereocenters. The van der Waals surface area contributed by atoms with Crippen molar-refractivity contribution < 1.29 is 4.79 Å². The van der Waals surface area contributed by atoms with Crippen LogP contribution >= 0.6 is 11.6 Å². The maximum atomic E-state index is 13.2. The predicted molar refractivity (Wildman–Crippen MR) is 138 cm³/mol. The van der Waals surface area contributed by atoms with E-state index in [0.717, 1.165) is 28.0 Å². The van der Waals surface area contributed by atoms with E-state index in [-0.39, 0.29) is 17.4 Å². The largest absolute Gasteiger partial charge is 0.384 e. The molecule has 0 radical (unpaired) electrons. The quantitative estimate of drug-likeness (QED) is 0.336. The Balaban J connectivity index is 1.43. The number of anilines is 2. The lowest BCUT2D eigenvalue weighted by atomic mass is 10.1. The summed E-state index contributed by atoms with van der Waals surface area (Å²) in [6.45, 7) is 4.63. The van der Waals surface area contributed by atoms with Crippen LogP contribution in [0.5, 0.6) is 0 Å². The lowest BCUT2D eigenvalue weighted by Crippen LogP contribution is -2.23. The molecule has 0 saturated carbocycles. The number of nitrogens with zero attached hydrogens (tertiary/aromatic N) is 3. The van der Waals surface area contributed by atoms with E-state index >= 15 is 0 Å². The molecule has 2 aromatic heterocycles. The molecule has 0 aliphatic rings. The fraction of sp³-hybridized carbons (Fsp3) is 0.269. The van der Waals surface area contributed by atoms with Gasteiger partial charge in [0.2, 0.25) is 5.91 Å². The Morgan fingerprint density at radius 3 is 2.62 bits per heavy atom. The fourth-order valence-electron chi connectivity index (χ4n) is 4.21. The molecule has 2 N–H and O–H groups in total. The van der Waals surface area contributed by atoms with E-state index < -0.39 is 0 Å². The van der Waals surface area contributed by atoms with Gasteiger partial charge >= 0.3 is 0 Å². The highest BCUT2D eigenvalue weighted by Crippen LogP contribution is 2.25. The third-order valence-corrected chi connectivity index (χ3v) is 5.96. The summed E-state index contributed by atoms with van der Waals surface area (Å²) in [4.78, 5) is 30.3. The molecule has 0 bridgehead atoms. The van der Waals surface area contributed by atoms with Crippen LogP contribution in [0.25, 0.3) is 16.6 Å². The summed E-state index contributed by atoms with van der Waals surface area (Å²) in [6.07, 6.45) is 2.63. The van der Waals surface area contributed by atoms with Crippen molar-refractivity contribution in [3.05, 3.63) is 81.9 Å². The highest BCUT2D eigenvalue weighted by atomic mass is 35.5. The summed E-state index contributed by atoms with van der Waals surface area (Å²) in [6, 6.07) is 16.9. The van der Waals surface area contributed by atoms with Crippen LogP contribution in [0.4, 0.5) is 11.4 Å². The normalized spacial score (nSPS) is 11.2. The molecule has 34 heavy (non-hydrogen) atoms. The number of pyridine rings is 1. The number of carbonyl (C=O) groups is 1. The third kappa shape index (κ3) is 4.84. The summed E-state index contributed by atoms with van der Waals surface area (Å²) in [5.41, 5.74) is 3.42. The number of nitrogens with one attached hydrogen (secondary N) is 2. The molecule has 176 valence electrons. The van der Waals surface area contributed by atoms with Crippen molar-refractivity contribution in [3.63, 3.8) is 0 Å². The number of para-hydroxylation sites is 1. The Bertz CT molecular complexity index is 1380. The molecule has 7 nitrogen and oxygen atoms in total. The topological polar surface area (TPSA) is 81.0 Å². The molecule has 1 amide bonds. The van der Waals surface area contributed by atoms with Gasteiger partial charge in [0.05, 0.1) is 16.9 Å². The van der Waals surface area contributed by atoms with Crippen LogP contribution in [-0.2, 0) is 11.8 Å². The molecule has 0 atom stereocenters. The van der Waals surface area contributed by atoms with E-state index in [1.54, 1.807) is 10.9 Å². The SMILES string of the molecule is CC(C)c1c(NC(=O)CCCNc2ccnc3cc(Cl)ccc23)c(=O)n(-c2ccccc2)n1C. The standard InChI is InChI=1S/C26H28ClN5O2/c1-17(2)25-24(26(34)32(31(25)3)19-8-5-4-6-9-19)30-23(33)10-7-14-28-21-13-15-29-22-16-18(27)11-12-20(21)22/h4-6,8-9,11-13,15-17H,7,10,14H2,1-3H3,(H,28,29)(H,30,33). The van der Waals surface area contributed by atoms with E-state index in [9.17, 15) is 9.59 Å². The van der Waals surface area contributed by atoms with E-state index in [1.165, 1.54) is 0 Å². The zero-order chi connectivity index (χ0) is 24.2. The minimum absolute atomic E-state index is 0.0631. The van der Waals surface area contributed by atoms with Crippen LogP contribution in [0.1, 0.15) is 38.3 Å². The van der Waals surface area contributed by atoms with Crippen molar-refractivity contribution in [3.8, 4) is 5.69 Å². The van der Waals surface area contributed by atoms with Crippen LogP contribution in [0, 0.1) is 0 Å². The Morgan fingerprint density at radius 2 is 1.88 bits per heavy atom. The van der Waals surface area contributed by atoms with Gasteiger partial charge in [-0.3, -0.25) is 19.3 Å².